The van der Waals surface area contributed by atoms with Crippen LogP contribution in [0, 0.1) is 11.3 Å². The summed E-state index contributed by atoms with van der Waals surface area (Å²) in [4.78, 5) is 30.6. The van der Waals surface area contributed by atoms with E-state index in [1.807, 2.05) is 85.1 Å². The second-order valence-corrected chi connectivity index (χ2v) is 8.86. The van der Waals surface area contributed by atoms with E-state index in [-0.39, 0.29) is 43.5 Å². The number of para-hydroxylation sites is 2. The van der Waals surface area contributed by atoms with Gasteiger partial charge in [-0.2, -0.15) is 5.26 Å². The lowest BCUT2D eigenvalue weighted by molar-refractivity contribution is -0.125. The molecular formula is C29H27ClN4O2. The minimum Gasteiger partial charge on any atom is -0.361 e. The van der Waals surface area contributed by atoms with Crippen LogP contribution in [0.5, 0.6) is 0 Å². The summed E-state index contributed by atoms with van der Waals surface area (Å²) < 4.78 is 0. The van der Waals surface area contributed by atoms with Crippen LogP contribution in [-0.2, 0) is 9.59 Å². The first-order valence-corrected chi connectivity index (χ1v) is 12.3. The molecule has 0 aliphatic rings. The maximum atomic E-state index is 12.9. The molecule has 0 saturated heterocycles. The van der Waals surface area contributed by atoms with Gasteiger partial charge in [0.1, 0.15) is 0 Å². The third-order valence-electron chi connectivity index (χ3n) is 6.16. The summed E-state index contributed by atoms with van der Waals surface area (Å²) in [6.45, 7) is 0.631. The van der Waals surface area contributed by atoms with Crippen molar-refractivity contribution in [2.75, 3.05) is 18.0 Å². The number of halogens is 1. The van der Waals surface area contributed by atoms with E-state index in [0.29, 0.717) is 11.6 Å². The van der Waals surface area contributed by atoms with Crippen LogP contribution in [0.2, 0.25) is 5.02 Å². The molecule has 36 heavy (non-hydrogen) atoms. The molecule has 4 rings (SSSR count). The van der Waals surface area contributed by atoms with Crippen molar-refractivity contribution >= 4 is 40.0 Å². The van der Waals surface area contributed by atoms with E-state index >= 15 is 0 Å². The van der Waals surface area contributed by atoms with Crippen LogP contribution in [0.15, 0.2) is 85.1 Å². The van der Waals surface area contributed by atoms with Crippen LogP contribution < -0.4 is 10.2 Å². The minimum atomic E-state index is -0.214. The lowest BCUT2D eigenvalue weighted by atomic mass is 9.90. The normalized spacial score (nSPS) is 11.6. The van der Waals surface area contributed by atoms with Crippen molar-refractivity contribution in [1.29, 1.82) is 5.26 Å². The molecule has 0 radical (unpaired) electrons. The molecule has 0 saturated carbocycles. The quantitative estimate of drug-likeness (QED) is 0.290. The Hall–Kier alpha value is -4.08. The van der Waals surface area contributed by atoms with E-state index in [1.165, 1.54) is 0 Å². The molecule has 1 unspecified atom stereocenters. The first kappa shape index (κ1) is 25.0. The Kier molecular flexibility index (Phi) is 8.38. The van der Waals surface area contributed by atoms with Gasteiger partial charge in [0.15, 0.2) is 0 Å². The number of H-pyrrole nitrogens is 1. The molecule has 7 heteroatoms. The number of rotatable bonds is 10. The second kappa shape index (κ2) is 12.1. The molecule has 0 aliphatic heterocycles. The fraction of sp³-hybridized carbons (Fsp3) is 0.207. The van der Waals surface area contributed by atoms with Crippen molar-refractivity contribution in [3.05, 3.63) is 101 Å². The zero-order valence-electron chi connectivity index (χ0n) is 19.8. The van der Waals surface area contributed by atoms with Crippen LogP contribution in [0.1, 0.15) is 36.3 Å². The lowest BCUT2D eigenvalue weighted by Gasteiger charge is -2.22. The van der Waals surface area contributed by atoms with Crippen LogP contribution >= 0.6 is 11.6 Å². The summed E-state index contributed by atoms with van der Waals surface area (Å²) in [5, 5.41) is 13.7. The molecule has 3 aromatic carbocycles. The summed E-state index contributed by atoms with van der Waals surface area (Å²) >= 11 is 6.54. The smallest absolute Gasteiger partial charge is 0.227 e. The maximum Gasteiger partial charge on any atom is 0.227 e. The first-order valence-electron chi connectivity index (χ1n) is 11.9. The van der Waals surface area contributed by atoms with E-state index in [4.69, 9.17) is 16.9 Å². The molecule has 6 nitrogen and oxygen atoms in total. The van der Waals surface area contributed by atoms with E-state index in [0.717, 1.165) is 27.7 Å². The highest BCUT2D eigenvalue weighted by atomic mass is 35.5. The van der Waals surface area contributed by atoms with E-state index in [2.05, 4.69) is 16.4 Å². The van der Waals surface area contributed by atoms with Gasteiger partial charge in [0.25, 0.3) is 0 Å². The minimum absolute atomic E-state index is 0.0516. The Morgan fingerprint density at radius 2 is 1.67 bits per heavy atom. The number of hydrogen-bond acceptors (Lipinski definition) is 3. The molecule has 1 heterocycles. The molecule has 1 aromatic heterocycles. The van der Waals surface area contributed by atoms with Gasteiger partial charge in [-0.15, -0.1) is 0 Å². The Labute approximate surface area is 215 Å². The number of aromatic amines is 1. The number of hydrogen-bond donors (Lipinski definition) is 2. The molecular weight excluding hydrogens is 472 g/mol. The highest BCUT2D eigenvalue weighted by Gasteiger charge is 2.22. The van der Waals surface area contributed by atoms with Crippen molar-refractivity contribution < 1.29 is 9.59 Å². The maximum absolute atomic E-state index is 12.9. The fourth-order valence-corrected chi connectivity index (χ4v) is 4.62. The third kappa shape index (κ3) is 5.94. The third-order valence-corrected chi connectivity index (χ3v) is 6.51. The summed E-state index contributed by atoms with van der Waals surface area (Å²) in [6, 6.07) is 26.9. The van der Waals surface area contributed by atoms with Gasteiger partial charge in [-0.3, -0.25) is 9.59 Å². The van der Waals surface area contributed by atoms with Crippen molar-refractivity contribution in [3.8, 4) is 6.07 Å². The number of anilines is 1. The van der Waals surface area contributed by atoms with Crippen molar-refractivity contribution in [1.82, 2.24) is 10.3 Å². The fourth-order valence-electron chi connectivity index (χ4n) is 4.35. The molecule has 4 aromatic rings. The van der Waals surface area contributed by atoms with E-state index < -0.39 is 0 Å². The predicted octanol–water partition coefficient (Wildman–Crippen LogP) is 5.80. The molecule has 0 aliphatic carbocycles. The molecule has 2 amide bonds. The number of carbonyl (C=O) groups is 2. The molecule has 2 N–H and O–H groups in total. The highest BCUT2D eigenvalue weighted by Crippen LogP contribution is 2.34. The molecule has 0 bridgehead atoms. The van der Waals surface area contributed by atoms with Crippen LogP contribution in [-0.4, -0.2) is 29.9 Å². The zero-order chi connectivity index (χ0) is 25.3. The van der Waals surface area contributed by atoms with Crippen LogP contribution in [0.25, 0.3) is 10.9 Å². The number of benzene rings is 3. The summed E-state index contributed by atoms with van der Waals surface area (Å²) in [7, 11) is 0. The largest absolute Gasteiger partial charge is 0.361 e. The van der Waals surface area contributed by atoms with Crippen LogP contribution in [0.4, 0.5) is 5.69 Å². The van der Waals surface area contributed by atoms with Gasteiger partial charge < -0.3 is 15.2 Å². The number of nitrogens with zero attached hydrogens (tertiary/aromatic N) is 2. The second-order valence-electron chi connectivity index (χ2n) is 8.46. The van der Waals surface area contributed by atoms with Gasteiger partial charge in [0, 0.05) is 59.7 Å². The van der Waals surface area contributed by atoms with Gasteiger partial charge >= 0.3 is 0 Å². The van der Waals surface area contributed by atoms with Gasteiger partial charge in [-0.1, -0.05) is 66.2 Å². The number of carbonyl (C=O) groups excluding carboxylic acids is 2. The summed E-state index contributed by atoms with van der Waals surface area (Å²) in [6.07, 6.45) is 2.28. The molecule has 0 spiro atoms. The monoisotopic (exact) mass is 498 g/mol. The Bertz CT molecular complexity index is 1380. The first-order chi connectivity index (χ1) is 17.6. The Morgan fingerprint density at radius 3 is 2.44 bits per heavy atom. The average molecular weight is 499 g/mol. The molecule has 1 atom stereocenters. The zero-order valence-corrected chi connectivity index (χ0v) is 20.5. The summed E-state index contributed by atoms with van der Waals surface area (Å²) in [5.41, 5.74) is 3.70. The highest BCUT2D eigenvalue weighted by molar-refractivity contribution is 6.31. The lowest BCUT2D eigenvalue weighted by Crippen LogP contribution is -2.34. The SMILES string of the molecule is N#CCCN(C(=O)CCC(=O)NCC(c1ccccc1Cl)c1c[nH]c2ccccc12)c1ccccc1. The van der Waals surface area contributed by atoms with Crippen molar-refractivity contribution in [2.24, 2.45) is 0 Å². The average Bonchev–Trinajstić information content (AvgIpc) is 3.33. The van der Waals surface area contributed by atoms with Crippen molar-refractivity contribution in [3.63, 3.8) is 0 Å². The van der Waals surface area contributed by atoms with Crippen molar-refractivity contribution in [2.45, 2.75) is 25.2 Å². The topological polar surface area (TPSA) is 89.0 Å². The number of fused-ring (bicyclic) bond motifs is 1. The van der Waals surface area contributed by atoms with Gasteiger partial charge in [-0.05, 0) is 35.4 Å². The van der Waals surface area contributed by atoms with E-state index in [9.17, 15) is 9.59 Å². The van der Waals surface area contributed by atoms with Gasteiger partial charge in [-0.25, -0.2) is 0 Å². The Balaban J connectivity index is 1.45. The Morgan fingerprint density at radius 1 is 0.944 bits per heavy atom. The summed E-state index contributed by atoms with van der Waals surface area (Å²) in [5.74, 6) is -0.564. The van der Waals surface area contributed by atoms with Gasteiger partial charge in [0.2, 0.25) is 11.8 Å². The standard InChI is InChI=1S/C29H27ClN4O2/c30-26-13-6-4-11-22(26)24(25-19-32-27-14-7-5-12-23(25)27)20-33-28(35)15-16-29(36)34(18-8-17-31)21-9-2-1-3-10-21/h1-7,9-14,19,24,32H,8,15-16,18,20H2,(H,33,35). The molecule has 182 valence electrons. The molecule has 0 fully saturated rings. The van der Waals surface area contributed by atoms with Gasteiger partial charge in [0.05, 0.1) is 12.5 Å². The number of nitrogens with one attached hydrogen (secondary N) is 2. The number of aromatic nitrogens is 1. The van der Waals surface area contributed by atoms with E-state index in [1.54, 1.807) is 4.90 Å². The predicted molar refractivity (Wildman–Crippen MR) is 143 cm³/mol. The van der Waals surface area contributed by atoms with Crippen LogP contribution in [0.3, 0.4) is 0 Å². The number of amides is 2. The number of nitriles is 1.